The molecular formula is C27H33N5O4. The van der Waals surface area contributed by atoms with Gasteiger partial charge in [-0.15, -0.1) is 0 Å². The van der Waals surface area contributed by atoms with Crippen LogP contribution in [0.4, 0.5) is 5.69 Å². The van der Waals surface area contributed by atoms with Crippen molar-refractivity contribution in [3.63, 3.8) is 0 Å². The van der Waals surface area contributed by atoms with Gasteiger partial charge in [-0.1, -0.05) is 6.07 Å². The predicted octanol–water partition coefficient (Wildman–Crippen LogP) is 3.07. The molecule has 1 aliphatic heterocycles. The van der Waals surface area contributed by atoms with Crippen molar-refractivity contribution in [2.75, 3.05) is 25.0 Å². The summed E-state index contributed by atoms with van der Waals surface area (Å²) in [5.74, 6) is 1.26. The minimum Gasteiger partial charge on any atom is -0.486 e. The van der Waals surface area contributed by atoms with Crippen LogP contribution in [0, 0.1) is 6.92 Å². The third kappa shape index (κ3) is 6.03. The second-order valence-electron chi connectivity index (χ2n) is 9.63. The number of nitrogens with zero attached hydrogens (tertiary/aromatic N) is 3. The number of aliphatic hydroxyl groups excluding tert-OH is 1. The molecule has 1 fully saturated rings. The lowest BCUT2D eigenvalue weighted by atomic mass is 9.93. The van der Waals surface area contributed by atoms with E-state index in [4.69, 9.17) is 9.15 Å². The molecule has 1 aromatic carbocycles. The van der Waals surface area contributed by atoms with Crippen LogP contribution in [0.25, 0.3) is 0 Å². The average Bonchev–Trinajstić information content (AvgIpc) is 3.28. The number of β-amino-alcohol motifs (C(OH)–C–C–N with tert-alkyl or cyclic N) is 1. The molecular weight excluding hydrogens is 458 g/mol. The molecule has 5 rings (SSSR count). The van der Waals surface area contributed by atoms with Crippen molar-refractivity contribution in [1.82, 2.24) is 20.2 Å². The van der Waals surface area contributed by atoms with Crippen molar-refractivity contribution < 1.29 is 19.1 Å². The first kappa shape index (κ1) is 24.3. The van der Waals surface area contributed by atoms with E-state index in [1.165, 1.54) is 23.9 Å². The van der Waals surface area contributed by atoms with Gasteiger partial charge in [-0.2, -0.15) is 0 Å². The highest BCUT2D eigenvalue weighted by atomic mass is 16.5. The number of ether oxygens (including phenoxy) is 1. The van der Waals surface area contributed by atoms with Gasteiger partial charge < -0.3 is 24.9 Å². The molecule has 0 radical (unpaired) electrons. The molecule has 1 amide bonds. The number of amides is 1. The Balaban J connectivity index is 1.07. The molecule has 2 aliphatic rings. The van der Waals surface area contributed by atoms with Crippen LogP contribution in [0.2, 0.25) is 0 Å². The molecule has 9 nitrogen and oxygen atoms in total. The molecule has 1 atom stereocenters. The van der Waals surface area contributed by atoms with Crippen molar-refractivity contribution in [1.29, 1.82) is 0 Å². The van der Waals surface area contributed by atoms with Crippen LogP contribution < -0.4 is 15.4 Å². The fourth-order valence-electron chi connectivity index (χ4n) is 4.54. The van der Waals surface area contributed by atoms with E-state index in [-0.39, 0.29) is 12.5 Å². The first-order valence-corrected chi connectivity index (χ1v) is 12.6. The first-order valence-electron chi connectivity index (χ1n) is 12.6. The van der Waals surface area contributed by atoms with Crippen LogP contribution in [0.1, 0.15) is 52.3 Å². The molecule has 0 bridgehead atoms. The van der Waals surface area contributed by atoms with Gasteiger partial charge in [-0.3, -0.25) is 14.7 Å². The average molecular weight is 492 g/mol. The smallest absolute Gasteiger partial charge is 0.270 e. The van der Waals surface area contributed by atoms with Crippen LogP contribution in [0.3, 0.4) is 0 Å². The number of anilines is 1. The maximum atomic E-state index is 12.6. The number of carbonyl (C=O) groups excluding carboxylic acids is 1. The minimum absolute atomic E-state index is 0.179. The van der Waals surface area contributed by atoms with Gasteiger partial charge in [0.1, 0.15) is 18.1 Å². The number of carbonyl (C=O) groups is 1. The first-order chi connectivity index (χ1) is 17.5. The Bertz CT molecular complexity index is 1190. The lowest BCUT2D eigenvalue weighted by molar-refractivity contribution is 0.0838. The molecule has 2 aromatic heterocycles. The minimum atomic E-state index is -0.667. The van der Waals surface area contributed by atoms with Gasteiger partial charge in [0, 0.05) is 44.1 Å². The maximum absolute atomic E-state index is 12.6. The van der Waals surface area contributed by atoms with E-state index >= 15 is 0 Å². The highest BCUT2D eigenvalue weighted by Gasteiger charge is 2.21. The van der Waals surface area contributed by atoms with E-state index in [9.17, 15) is 9.90 Å². The van der Waals surface area contributed by atoms with Crippen LogP contribution in [-0.4, -0.2) is 57.7 Å². The largest absolute Gasteiger partial charge is 0.486 e. The Morgan fingerprint density at radius 2 is 2.14 bits per heavy atom. The molecule has 0 saturated heterocycles. The number of aryl methyl sites for hydroxylation is 1. The van der Waals surface area contributed by atoms with Gasteiger partial charge in [0.15, 0.2) is 12.2 Å². The zero-order valence-electron chi connectivity index (χ0n) is 20.6. The van der Waals surface area contributed by atoms with Gasteiger partial charge in [0.25, 0.3) is 5.91 Å². The summed E-state index contributed by atoms with van der Waals surface area (Å²) in [7, 11) is 0. The molecule has 36 heavy (non-hydrogen) atoms. The Morgan fingerprint density at radius 3 is 2.92 bits per heavy atom. The third-order valence-electron chi connectivity index (χ3n) is 6.92. The molecule has 3 aromatic rings. The fraction of sp³-hybridized carbons (Fsp3) is 0.444. The van der Waals surface area contributed by atoms with E-state index in [1.54, 1.807) is 12.3 Å². The summed E-state index contributed by atoms with van der Waals surface area (Å²) in [6, 6.07) is 10.3. The van der Waals surface area contributed by atoms with Crippen LogP contribution in [0.5, 0.6) is 5.75 Å². The monoisotopic (exact) mass is 491 g/mol. The van der Waals surface area contributed by atoms with Gasteiger partial charge in [-0.05, 0) is 68.0 Å². The van der Waals surface area contributed by atoms with Crippen molar-refractivity contribution in [2.45, 2.75) is 57.9 Å². The normalized spacial score (nSPS) is 16.6. The lowest BCUT2D eigenvalue weighted by Gasteiger charge is -2.30. The standard InChI is InChI=1S/C27H33N5O4/c1-18-26(36-17-30-18)16-35-24-6-5-20-14-32(10-8-19(20)11-24)15-23(33)13-29-27(34)25-12-22(7-9-28-25)31-21-3-2-4-21/h5-7,9,11-12,17,21,23,33H,2-4,8,10,13-16H2,1H3,(H,28,31)(H,29,34)/t23-/m0/s1. The molecule has 3 heterocycles. The Kier molecular flexibility index (Phi) is 7.48. The summed E-state index contributed by atoms with van der Waals surface area (Å²) in [6.07, 6.45) is 6.85. The SMILES string of the molecule is Cc1ncoc1COc1ccc2c(c1)CCN(C[C@@H](O)CNC(=O)c1cc(NC3CCC3)ccn1)C2. The third-order valence-corrected chi connectivity index (χ3v) is 6.92. The summed E-state index contributed by atoms with van der Waals surface area (Å²) in [5.41, 5.74) is 4.58. The number of fused-ring (bicyclic) bond motifs is 1. The van der Waals surface area contributed by atoms with E-state index < -0.39 is 6.10 Å². The molecule has 3 N–H and O–H groups in total. The second-order valence-corrected chi connectivity index (χ2v) is 9.63. The Labute approximate surface area is 210 Å². The zero-order valence-corrected chi connectivity index (χ0v) is 20.6. The number of rotatable bonds is 10. The topological polar surface area (TPSA) is 113 Å². The Hall–Kier alpha value is -3.43. The number of pyridine rings is 1. The van der Waals surface area contributed by atoms with Crippen LogP contribution in [-0.2, 0) is 19.6 Å². The number of benzene rings is 1. The maximum Gasteiger partial charge on any atom is 0.270 e. The summed E-state index contributed by atoms with van der Waals surface area (Å²) in [6.45, 7) is 4.49. The number of aliphatic hydroxyl groups is 1. The van der Waals surface area contributed by atoms with Crippen LogP contribution in [0.15, 0.2) is 47.3 Å². The molecule has 9 heteroatoms. The van der Waals surface area contributed by atoms with Gasteiger partial charge in [0.05, 0.1) is 11.8 Å². The van der Waals surface area contributed by atoms with E-state index in [0.717, 1.165) is 55.2 Å². The summed E-state index contributed by atoms with van der Waals surface area (Å²) in [5, 5.41) is 16.8. The quantitative estimate of drug-likeness (QED) is 0.397. The number of hydrogen-bond donors (Lipinski definition) is 3. The number of nitrogens with one attached hydrogen (secondary N) is 2. The number of hydrogen-bond acceptors (Lipinski definition) is 8. The van der Waals surface area contributed by atoms with Gasteiger partial charge in [0.2, 0.25) is 0 Å². The highest BCUT2D eigenvalue weighted by molar-refractivity contribution is 5.93. The second kappa shape index (κ2) is 11.1. The van der Waals surface area contributed by atoms with Gasteiger partial charge in [-0.25, -0.2) is 4.98 Å². The summed E-state index contributed by atoms with van der Waals surface area (Å²) in [4.78, 5) is 23.0. The van der Waals surface area contributed by atoms with Crippen LogP contribution >= 0.6 is 0 Å². The zero-order chi connectivity index (χ0) is 24.9. The molecule has 1 aliphatic carbocycles. The van der Waals surface area contributed by atoms with Crippen molar-refractivity contribution in [3.8, 4) is 5.75 Å². The van der Waals surface area contributed by atoms with E-state index in [0.29, 0.717) is 24.9 Å². The lowest BCUT2D eigenvalue weighted by Crippen LogP contribution is -2.42. The number of aromatic nitrogens is 2. The molecule has 0 spiro atoms. The highest BCUT2D eigenvalue weighted by Crippen LogP contribution is 2.25. The van der Waals surface area contributed by atoms with Gasteiger partial charge >= 0.3 is 0 Å². The van der Waals surface area contributed by atoms with Crippen molar-refractivity contribution in [3.05, 3.63) is 71.2 Å². The fourth-order valence-corrected chi connectivity index (χ4v) is 4.54. The molecule has 190 valence electrons. The molecule has 0 unspecified atom stereocenters. The van der Waals surface area contributed by atoms with Crippen molar-refractivity contribution >= 4 is 11.6 Å². The Morgan fingerprint density at radius 1 is 1.25 bits per heavy atom. The van der Waals surface area contributed by atoms with Crippen molar-refractivity contribution in [2.24, 2.45) is 0 Å². The number of oxazole rings is 1. The predicted molar refractivity (Wildman–Crippen MR) is 135 cm³/mol. The van der Waals surface area contributed by atoms with E-state index in [1.807, 2.05) is 19.1 Å². The summed E-state index contributed by atoms with van der Waals surface area (Å²) >= 11 is 0. The van der Waals surface area contributed by atoms with E-state index in [2.05, 4.69) is 37.6 Å². The molecule has 1 saturated carbocycles. The summed E-state index contributed by atoms with van der Waals surface area (Å²) < 4.78 is 11.2.